The van der Waals surface area contributed by atoms with Gasteiger partial charge in [0.05, 0.1) is 6.42 Å². The van der Waals surface area contributed by atoms with Gasteiger partial charge in [0.25, 0.3) is 0 Å². The van der Waals surface area contributed by atoms with Gasteiger partial charge in [0.15, 0.2) is 0 Å². The molecule has 2 aromatic carbocycles. The molecule has 0 atom stereocenters. The summed E-state index contributed by atoms with van der Waals surface area (Å²) in [6.45, 7) is 1.86. The molecule has 1 N–H and O–H groups in total. The van der Waals surface area contributed by atoms with Crippen LogP contribution in [0, 0.1) is 6.92 Å². The molecule has 0 aliphatic carbocycles. The Bertz CT molecular complexity index is 1160. The molecule has 0 bridgehead atoms. The second kappa shape index (κ2) is 6.96. The van der Waals surface area contributed by atoms with Crippen LogP contribution in [-0.2, 0) is 11.2 Å². The van der Waals surface area contributed by atoms with Gasteiger partial charge in [0.2, 0.25) is 5.91 Å². The van der Waals surface area contributed by atoms with Gasteiger partial charge in [-0.25, -0.2) is 4.79 Å². The van der Waals surface area contributed by atoms with Crippen LogP contribution < -0.4 is 10.9 Å². The van der Waals surface area contributed by atoms with Gasteiger partial charge in [-0.1, -0.05) is 12.1 Å². The van der Waals surface area contributed by atoms with E-state index < -0.39 is 5.63 Å². The normalized spacial score (nSPS) is 10.9. The molecule has 0 saturated heterocycles. The van der Waals surface area contributed by atoms with E-state index in [1.165, 1.54) is 6.07 Å². The SMILES string of the molecule is Cc1cc(=O)oc2cc(NC(=O)Cc3ccc(-n4cccc4)cc3)ccc12. The topological polar surface area (TPSA) is 64.2 Å². The van der Waals surface area contributed by atoms with E-state index in [0.29, 0.717) is 11.3 Å². The predicted octanol–water partition coefficient (Wildman–Crippen LogP) is 4.07. The molecule has 0 aliphatic rings. The maximum atomic E-state index is 12.4. The molecule has 0 fully saturated rings. The maximum absolute atomic E-state index is 12.4. The van der Waals surface area contributed by atoms with Gasteiger partial charge in [-0.3, -0.25) is 4.79 Å². The summed E-state index contributed by atoms with van der Waals surface area (Å²) >= 11 is 0. The van der Waals surface area contributed by atoms with Crippen LogP contribution in [0.1, 0.15) is 11.1 Å². The number of aryl methyl sites for hydroxylation is 1. The maximum Gasteiger partial charge on any atom is 0.336 e. The lowest BCUT2D eigenvalue weighted by molar-refractivity contribution is -0.115. The van der Waals surface area contributed by atoms with Crippen molar-refractivity contribution in [3.05, 3.63) is 94.6 Å². The summed E-state index contributed by atoms with van der Waals surface area (Å²) in [4.78, 5) is 23.9. The highest BCUT2D eigenvalue weighted by Gasteiger charge is 2.08. The summed E-state index contributed by atoms with van der Waals surface area (Å²) in [6.07, 6.45) is 4.21. The Hall–Kier alpha value is -3.60. The van der Waals surface area contributed by atoms with E-state index in [2.05, 4.69) is 5.32 Å². The van der Waals surface area contributed by atoms with E-state index in [-0.39, 0.29) is 12.3 Å². The number of nitrogens with one attached hydrogen (secondary N) is 1. The molecule has 0 aliphatic heterocycles. The summed E-state index contributed by atoms with van der Waals surface area (Å²) in [5.41, 5.74) is 3.49. The molecule has 0 unspecified atom stereocenters. The van der Waals surface area contributed by atoms with Crippen molar-refractivity contribution in [3.8, 4) is 5.69 Å². The number of amides is 1. The Labute approximate surface area is 155 Å². The Morgan fingerprint density at radius 3 is 2.52 bits per heavy atom. The van der Waals surface area contributed by atoms with Crippen LogP contribution >= 0.6 is 0 Å². The number of benzene rings is 2. The first-order valence-electron chi connectivity index (χ1n) is 8.65. The number of carbonyl (C=O) groups excluding carboxylic acids is 1. The van der Waals surface area contributed by atoms with Crippen LogP contribution in [0.25, 0.3) is 16.7 Å². The van der Waals surface area contributed by atoms with Gasteiger partial charge in [0, 0.05) is 41.3 Å². The fourth-order valence-corrected chi connectivity index (χ4v) is 3.09. The Morgan fingerprint density at radius 1 is 1.04 bits per heavy atom. The number of nitrogens with zero attached hydrogens (tertiary/aromatic N) is 1. The largest absolute Gasteiger partial charge is 0.423 e. The molecule has 2 aromatic heterocycles. The molecular weight excluding hydrogens is 340 g/mol. The van der Waals surface area contributed by atoms with Crippen molar-refractivity contribution in [2.24, 2.45) is 0 Å². The van der Waals surface area contributed by atoms with Crippen LogP contribution in [-0.4, -0.2) is 10.5 Å². The summed E-state index contributed by atoms with van der Waals surface area (Å²) in [6, 6.07) is 18.6. The first-order valence-corrected chi connectivity index (χ1v) is 8.65. The molecule has 27 heavy (non-hydrogen) atoms. The average Bonchev–Trinajstić information content (AvgIpc) is 3.16. The molecule has 0 saturated carbocycles. The third-order valence-electron chi connectivity index (χ3n) is 4.44. The Morgan fingerprint density at radius 2 is 1.78 bits per heavy atom. The van der Waals surface area contributed by atoms with Crippen molar-refractivity contribution in [2.75, 3.05) is 5.32 Å². The number of fused-ring (bicyclic) bond motifs is 1. The molecule has 0 radical (unpaired) electrons. The number of anilines is 1. The van der Waals surface area contributed by atoms with E-state index in [9.17, 15) is 9.59 Å². The van der Waals surface area contributed by atoms with Crippen molar-refractivity contribution >= 4 is 22.6 Å². The fraction of sp³-hybridized carbons (Fsp3) is 0.0909. The van der Waals surface area contributed by atoms with Gasteiger partial charge in [-0.15, -0.1) is 0 Å². The minimum atomic E-state index is -0.397. The molecule has 1 amide bonds. The monoisotopic (exact) mass is 358 g/mol. The van der Waals surface area contributed by atoms with Gasteiger partial charge in [-0.2, -0.15) is 0 Å². The van der Waals surface area contributed by atoms with Gasteiger partial charge in [-0.05, 0) is 54.4 Å². The van der Waals surface area contributed by atoms with Crippen LogP contribution in [0.15, 0.2) is 82.3 Å². The van der Waals surface area contributed by atoms with Gasteiger partial charge in [0.1, 0.15) is 5.58 Å². The van der Waals surface area contributed by atoms with E-state index in [0.717, 1.165) is 22.2 Å². The van der Waals surface area contributed by atoms with Crippen molar-refractivity contribution in [1.82, 2.24) is 4.57 Å². The lowest BCUT2D eigenvalue weighted by Crippen LogP contribution is -2.14. The zero-order chi connectivity index (χ0) is 18.8. The smallest absolute Gasteiger partial charge is 0.336 e. The third-order valence-corrected chi connectivity index (χ3v) is 4.44. The highest BCUT2D eigenvalue weighted by molar-refractivity contribution is 5.94. The number of carbonyl (C=O) groups is 1. The first-order chi connectivity index (χ1) is 13.1. The number of rotatable bonds is 4. The van der Waals surface area contributed by atoms with E-state index in [1.54, 1.807) is 6.07 Å². The fourth-order valence-electron chi connectivity index (χ4n) is 3.09. The van der Waals surface area contributed by atoms with Crippen molar-refractivity contribution in [2.45, 2.75) is 13.3 Å². The Balaban J connectivity index is 1.47. The highest BCUT2D eigenvalue weighted by atomic mass is 16.4. The van der Waals surface area contributed by atoms with Crippen molar-refractivity contribution in [3.63, 3.8) is 0 Å². The highest BCUT2D eigenvalue weighted by Crippen LogP contribution is 2.21. The zero-order valence-corrected chi connectivity index (χ0v) is 14.8. The second-order valence-corrected chi connectivity index (χ2v) is 6.44. The summed E-state index contributed by atoms with van der Waals surface area (Å²) < 4.78 is 7.23. The lowest BCUT2D eigenvalue weighted by Gasteiger charge is -2.08. The Kier molecular flexibility index (Phi) is 4.34. The van der Waals surface area contributed by atoms with Crippen LogP contribution in [0.5, 0.6) is 0 Å². The van der Waals surface area contributed by atoms with E-state index in [4.69, 9.17) is 4.42 Å². The number of hydrogen-bond acceptors (Lipinski definition) is 3. The predicted molar refractivity (Wildman–Crippen MR) is 105 cm³/mol. The number of aromatic nitrogens is 1. The van der Waals surface area contributed by atoms with Gasteiger partial charge >= 0.3 is 5.63 Å². The molecule has 2 heterocycles. The zero-order valence-electron chi connectivity index (χ0n) is 14.8. The molecule has 134 valence electrons. The molecule has 5 heteroatoms. The van der Waals surface area contributed by atoms with Crippen LogP contribution in [0.3, 0.4) is 0 Å². The number of hydrogen-bond donors (Lipinski definition) is 1. The standard InChI is InChI=1S/C22H18N2O3/c1-15-12-22(26)27-20-14-17(6-9-19(15)20)23-21(25)13-16-4-7-18(8-5-16)24-10-2-3-11-24/h2-12,14H,13H2,1H3,(H,23,25). The molecule has 4 aromatic rings. The molecule has 5 nitrogen and oxygen atoms in total. The van der Waals surface area contributed by atoms with E-state index >= 15 is 0 Å². The van der Waals surface area contributed by atoms with Gasteiger partial charge < -0.3 is 14.3 Å². The summed E-state index contributed by atoms with van der Waals surface area (Å²) in [5, 5.41) is 3.71. The van der Waals surface area contributed by atoms with Crippen LogP contribution in [0.2, 0.25) is 0 Å². The van der Waals surface area contributed by atoms with E-state index in [1.807, 2.05) is 72.4 Å². The molecular formula is C22H18N2O3. The summed E-state index contributed by atoms with van der Waals surface area (Å²) in [7, 11) is 0. The van der Waals surface area contributed by atoms with Crippen molar-refractivity contribution in [1.29, 1.82) is 0 Å². The average molecular weight is 358 g/mol. The minimum Gasteiger partial charge on any atom is -0.423 e. The first kappa shape index (κ1) is 16.8. The summed E-state index contributed by atoms with van der Waals surface area (Å²) in [5.74, 6) is -0.127. The van der Waals surface area contributed by atoms with Crippen LogP contribution in [0.4, 0.5) is 5.69 Å². The third kappa shape index (κ3) is 3.67. The quantitative estimate of drug-likeness (QED) is 0.559. The molecule has 0 spiro atoms. The van der Waals surface area contributed by atoms with Crippen molar-refractivity contribution < 1.29 is 9.21 Å². The second-order valence-electron chi connectivity index (χ2n) is 6.44. The lowest BCUT2D eigenvalue weighted by atomic mass is 10.1. The minimum absolute atomic E-state index is 0.127. The molecule has 4 rings (SSSR count).